The van der Waals surface area contributed by atoms with Crippen LogP contribution in [-0.2, 0) is 14.3 Å². The SMILES string of the molecule is CC/C=C\C/C=C\C/C=C\C/C=C\C/C=C\C/C=C\C/C=C\C/C=C\C/C=C\C/C=C\C/C=C\CCCCCCCC(=O)NC(COC1OC(CO)C(O)C(O)C1O)C(O)/C=C/CCCCC. The molecule has 1 aliphatic rings. The fraction of sp³-hybridized carbons (Fsp3) is 0.569. The van der Waals surface area contributed by atoms with Gasteiger partial charge in [-0.05, 0) is 103 Å². The highest BCUT2D eigenvalue weighted by molar-refractivity contribution is 5.76. The van der Waals surface area contributed by atoms with Crippen LogP contribution in [0.4, 0.5) is 0 Å². The van der Waals surface area contributed by atoms with Gasteiger partial charge in [-0.25, -0.2) is 0 Å². The maximum atomic E-state index is 12.9. The van der Waals surface area contributed by atoms with Gasteiger partial charge in [0, 0.05) is 6.42 Å². The van der Waals surface area contributed by atoms with Crippen LogP contribution in [0, 0.1) is 0 Å². The van der Waals surface area contributed by atoms with Crippen LogP contribution in [0.15, 0.2) is 146 Å². The summed E-state index contributed by atoms with van der Waals surface area (Å²) in [6, 6.07) is -0.822. The molecule has 7 unspecified atom stereocenters. The summed E-state index contributed by atoms with van der Waals surface area (Å²) in [4.78, 5) is 12.9. The number of amides is 1. The largest absolute Gasteiger partial charge is 0.394 e. The van der Waals surface area contributed by atoms with Gasteiger partial charge >= 0.3 is 0 Å². The lowest BCUT2D eigenvalue weighted by Crippen LogP contribution is -2.60. The molecular formula is C58H91NO8. The molecule has 1 heterocycles. The molecule has 1 amide bonds. The molecule has 0 aromatic heterocycles. The third-order valence-corrected chi connectivity index (χ3v) is 10.9. The van der Waals surface area contributed by atoms with Crippen LogP contribution in [0.25, 0.3) is 0 Å². The number of aliphatic hydroxyl groups is 5. The molecule has 0 saturated carbocycles. The van der Waals surface area contributed by atoms with Crippen LogP contribution in [0.5, 0.6) is 0 Å². The average Bonchev–Trinajstić information content (AvgIpc) is 3.33. The highest BCUT2D eigenvalue weighted by Crippen LogP contribution is 2.22. The first kappa shape index (κ1) is 61.1. The summed E-state index contributed by atoms with van der Waals surface area (Å²) in [6.45, 7) is 3.50. The number of aliphatic hydroxyl groups excluding tert-OH is 5. The summed E-state index contributed by atoms with van der Waals surface area (Å²) in [7, 11) is 0. The number of allylic oxidation sites excluding steroid dienone is 23. The molecule has 9 nitrogen and oxygen atoms in total. The van der Waals surface area contributed by atoms with Crippen LogP contribution in [0.1, 0.15) is 155 Å². The Hall–Kier alpha value is -3.93. The number of carbonyl (C=O) groups is 1. The number of hydrogen-bond acceptors (Lipinski definition) is 8. The van der Waals surface area contributed by atoms with Crippen molar-refractivity contribution in [1.82, 2.24) is 5.32 Å². The van der Waals surface area contributed by atoms with Gasteiger partial charge in [0.15, 0.2) is 6.29 Å². The van der Waals surface area contributed by atoms with Gasteiger partial charge in [-0.1, -0.05) is 192 Å². The molecule has 67 heavy (non-hydrogen) atoms. The van der Waals surface area contributed by atoms with Gasteiger partial charge in [0.1, 0.15) is 24.4 Å². The smallest absolute Gasteiger partial charge is 0.220 e. The lowest BCUT2D eigenvalue weighted by Gasteiger charge is -2.40. The molecule has 0 spiro atoms. The van der Waals surface area contributed by atoms with Gasteiger partial charge in [-0.3, -0.25) is 4.79 Å². The standard InChI is InChI=1S/C58H91NO8/c1-3-5-7-9-10-11-12-13-14-15-16-17-18-19-20-21-22-23-24-25-26-27-28-29-30-31-32-33-34-35-36-37-38-39-40-41-42-44-46-48-54(62)59-51(52(61)47-45-43-8-6-4-2)50-66-58-57(65)56(64)55(63)53(49-60)67-58/h5,7,10-11,13-14,16-17,19-20,22-23,25-26,28-29,31-32,34-35,37-38,45,47,51-53,55-58,60-61,63-65H,3-4,6,8-9,12,15,18,21,24,27,30,33,36,39-44,46,48-50H2,1-2H3,(H,59,62)/b7-5-,11-10-,14-13-,17-16-,20-19-,23-22-,26-25-,29-28-,32-31-,35-34-,38-37-,47-45+. The molecule has 0 aromatic carbocycles. The van der Waals surface area contributed by atoms with E-state index in [0.717, 1.165) is 135 Å². The Bertz CT molecular complexity index is 1550. The van der Waals surface area contributed by atoms with Crippen molar-refractivity contribution in [2.24, 2.45) is 0 Å². The summed E-state index contributed by atoms with van der Waals surface area (Å²) in [5, 5.41) is 53.7. The van der Waals surface area contributed by atoms with Crippen molar-refractivity contribution in [3.05, 3.63) is 146 Å². The first-order chi connectivity index (χ1) is 32.8. The number of hydrogen-bond donors (Lipinski definition) is 6. The van der Waals surface area contributed by atoms with Gasteiger partial charge < -0.3 is 40.3 Å². The van der Waals surface area contributed by atoms with Gasteiger partial charge in [-0.2, -0.15) is 0 Å². The summed E-state index contributed by atoms with van der Waals surface area (Å²) >= 11 is 0. The second-order valence-electron chi connectivity index (χ2n) is 16.9. The number of nitrogens with one attached hydrogen (secondary N) is 1. The zero-order chi connectivity index (χ0) is 48.7. The van der Waals surface area contributed by atoms with E-state index in [1.54, 1.807) is 6.08 Å². The van der Waals surface area contributed by atoms with E-state index in [4.69, 9.17) is 9.47 Å². The molecule has 0 aromatic rings. The quantitative estimate of drug-likeness (QED) is 0.0263. The van der Waals surface area contributed by atoms with Crippen LogP contribution in [0.2, 0.25) is 0 Å². The number of rotatable bonds is 40. The predicted octanol–water partition coefficient (Wildman–Crippen LogP) is 11.9. The first-order valence-corrected chi connectivity index (χ1v) is 25.6. The van der Waals surface area contributed by atoms with E-state index < -0.39 is 49.5 Å². The molecule has 7 atom stereocenters. The van der Waals surface area contributed by atoms with Crippen molar-refractivity contribution in [2.75, 3.05) is 13.2 Å². The number of unbranched alkanes of at least 4 members (excludes halogenated alkanes) is 8. The highest BCUT2D eigenvalue weighted by Gasteiger charge is 2.44. The van der Waals surface area contributed by atoms with Crippen molar-refractivity contribution in [3.8, 4) is 0 Å². The molecule has 0 aliphatic carbocycles. The van der Waals surface area contributed by atoms with Crippen LogP contribution in [0.3, 0.4) is 0 Å². The summed E-state index contributed by atoms with van der Waals surface area (Å²) in [5.74, 6) is -0.212. The molecular weight excluding hydrogens is 839 g/mol. The summed E-state index contributed by atoms with van der Waals surface area (Å²) in [6.07, 6.45) is 65.4. The van der Waals surface area contributed by atoms with E-state index in [9.17, 15) is 30.3 Å². The Morgan fingerprint density at radius 1 is 0.522 bits per heavy atom. The van der Waals surface area contributed by atoms with Crippen molar-refractivity contribution in [2.45, 2.75) is 198 Å². The molecule has 1 fully saturated rings. The number of ether oxygens (including phenoxy) is 2. The van der Waals surface area contributed by atoms with Crippen molar-refractivity contribution < 1.29 is 39.8 Å². The van der Waals surface area contributed by atoms with E-state index in [1.807, 2.05) is 6.08 Å². The van der Waals surface area contributed by atoms with E-state index >= 15 is 0 Å². The van der Waals surface area contributed by atoms with E-state index in [2.05, 4.69) is 153 Å². The minimum Gasteiger partial charge on any atom is -0.394 e. The molecule has 0 radical (unpaired) electrons. The maximum absolute atomic E-state index is 12.9. The lowest BCUT2D eigenvalue weighted by molar-refractivity contribution is -0.302. The second-order valence-corrected chi connectivity index (χ2v) is 16.9. The third-order valence-electron chi connectivity index (χ3n) is 10.9. The Kier molecular flexibility index (Phi) is 41.8. The monoisotopic (exact) mass is 930 g/mol. The Balaban J connectivity index is 2.12. The molecule has 1 saturated heterocycles. The topological polar surface area (TPSA) is 149 Å². The zero-order valence-electron chi connectivity index (χ0n) is 41.3. The van der Waals surface area contributed by atoms with Gasteiger partial charge in [0.25, 0.3) is 0 Å². The predicted molar refractivity (Wildman–Crippen MR) is 280 cm³/mol. The third kappa shape index (κ3) is 35.8. The highest BCUT2D eigenvalue weighted by atomic mass is 16.7. The van der Waals surface area contributed by atoms with Crippen LogP contribution >= 0.6 is 0 Å². The molecule has 1 rings (SSSR count). The average molecular weight is 930 g/mol. The Morgan fingerprint density at radius 2 is 0.925 bits per heavy atom. The van der Waals surface area contributed by atoms with E-state index in [0.29, 0.717) is 6.42 Å². The minimum absolute atomic E-state index is 0.208. The normalized spacial score (nSPS) is 21.0. The fourth-order valence-corrected chi connectivity index (χ4v) is 6.86. The van der Waals surface area contributed by atoms with E-state index in [1.165, 1.54) is 0 Å². The van der Waals surface area contributed by atoms with Crippen LogP contribution < -0.4 is 5.32 Å². The first-order valence-electron chi connectivity index (χ1n) is 25.6. The van der Waals surface area contributed by atoms with Crippen molar-refractivity contribution in [3.63, 3.8) is 0 Å². The van der Waals surface area contributed by atoms with E-state index in [-0.39, 0.29) is 12.5 Å². The summed E-state index contributed by atoms with van der Waals surface area (Å²) in [5.41, 5.74) is 0. The molecule has 0 bridgehead atoms. The van der Waals surface area contributed by atoms with Gasteiger partial charge in [-0.15, -0.1) is 0 Å². The lowest BCUT2D eigenvalue weighted by atomic mass is 9.99. The Labute approximate surface area is 406 Å². The maximum Gasteiger partial charge on any atom is 0.220 e. The molecule has 9 heteroatoms. The minimum atomic E-state index is -1.58. The molecule has 6 N–H and O–H groups in total. The second kappa shape index (κ2) is 45.8. The van der Waals surface area contributed by atoms with Crippen molar-refractivity contribution >= 4 is 5.91 Å². The van der Waals surface area contributed by atoms with Crippen molar-refractivity contribution in [1.29, 1.82) is 0 Å². The van der Waals surface area contributed by atoms with Gasteiger partial charge in [0.2, 0.25) is 5.91 Å². The molecule has 376 valence electrons. The molecule has 1 aliphatic heterocycles. The number of carbonyl (C=O) groups excluding carboxylic acids is 1. The van der Waals surface area contributed by atoms with Gasteiger partial charge in [0.05, 0.1) is 25.4 Å². The fourth-order valence-electron chi connectivity index (χ4n) is 6.86. The van der Waals surface area contributed by atoms with Crippen LogP contribution in [-0.4, -0.2) is 87.5 Å². The zero-order valence-corrected chi connectivity index (χ0v) is 41.3. The Morgan fingerprint density at radius 3 is 1.37 bits per heavy atom. The summed E-state index contributed by atoms with van der Waals surface area (Å²) < 4.78 is 11.1.